The Kier molecular flexibility index (Phi) is 7.29. The molecule has 0 fully saturated rings. The molecule has 1 aliphatic carbocycles. The smallest absolute Gasteiger partial charge is 0.00779 e. The van der Waals surface area contributed by atoms with Gasteiger partial charge in [0.15, 0.2) is 0 Å². The summed E-state index contributed by atoms with van der Waals surface area (Å²) in [7, 11) is 0. The molecule has 110 valence electrons. The maximum absolute atomic E-state index is 3.53. The van der Waals surface area contributed by atoms with E-state index in [4.69, 9.17) is 0 Å². The largest absolute Gasteiger partial charge is 0.325 e. The van der Waals surface area contributed by atoms with E-state index in [9.17, 15) is 0 Å². The van der Waals surface area contributed by atoms with E-state index in [1.807, 2.05) is 0 Å². The third-order valence-electron chi connectivity index (χ3n) is 3.73. The average Bonchev–Trinajstić information content (AvgIpc) is 3.14. The molecule has 0 atom stereocenters. The lowest BCUT2D eigenvalue weighted by molar-refractivity contribution is 0.553. The van der Waals surface area contributed by atoms with Gasteiger partial charge in [0.1, 0.15) is 0 Å². The second-order valence-corrected chi connectivity index (χ2v) is 5.52. The van der Waals surface area contributed by atoms with Crippen LogP contribution in [0.1, 0.15) is 31.2 Å². The molecule has 0 saturated heterocycles. The van der Waals surface area contributed by atoms with Crippen LogP contribution >= 0.6 is 0 Å². The Bertz CT molecular complexity index is 378. The molecule has 0 amide bonds. The summed E-state index contributed by atoms with van der Waals surface area (Å²) < 4.78 is 0. The van der Waals surface area contributed by atoms with Crippen LogP contribution in [0.25, 0.3) is 0 Å². The Morgan fingerprint density at radius 1 is 0.950 bits per heavy atom. The van der Waals surface area contributed by atoms with E-state index in [2.05, 4.69) is 59.2 Å². The van der Waals surface area contributed by atoms with E-state index in [-0.39, 0.29) is 0 Å². The molecule has 2 heteroatoms. The number of unbranched alkanes of at least 4 members (excludes halogenated alkanes) is 3. The summed E-state index contributed by atoms with van der Waals surface area (Å²) in [4.78, 5) is 0. The lowest BCUT2D eigenvalue weighted by Gasteiger charge is -2.08. The van der Waals surface area contributed by atoms with Gasteiger partial charge in [-0.2, -0.15) is 23.8 Å². The summed E-state index contributed by atoms with van der Waals surface area (Å²) in [5, 5.41) is 7.03. The zero-order valence-corrected chi connectivity index (χ0v) is 12.4. The molecule has 0 heterocycles. The molecule has 0 spiro atoms. The molecule has 0 saturated carbocycles. The minimum atomic E-state index is 0.621. The molecular weight excluding hydrogens is 244 g/mol. The van der Waals surface area contributed by atoms with Crippen molar-refractivity contribution in [1.29, 1.82) is 0 Å². The van der Waals surface area contributed by atoms with Crippen molar-refractivity contribution in [2.24, 2.45) is 5.92 Å². The van der Waals surface area contributed by atoms with Gasteiger partial charge in [-0.15, -0.1) is 0 Å². The van der Waals surface area contributed by atoms with Gasteiger partial charge in [0.25, 0.3) is 0 Å². The van der Waals surface area contributed by atoms with Crippen LogP contribution in [0.5, 0.6) is 0 Å². The van der Waals surface area contributed by atoms with E-state index in [1.165, 1.54) is 31.2 Å². The van der Waals surface area contributed by atoms with Gasteiger partial charge in [0, 0.05) is 12.5 Å². The minimum absolute atomic E-state index is 0.621. The molecule has 1 aliphatic rings. The topological polar surface area (TPSA) is 24.1 Å². The molecule has 2 rings (SSSR count). The fourth-order valence-electron chi connectivity index (χ4n) is 2.50. The zero-order chi connectivity index (χ0) is 13.9. The molecule has 20 heavy (non-hydrogen) atoms. The standard InChI is InChI=1S/C18H27N2/c1(7-13-19-15-17-9-3-4-10-17)2-8-14-20-16-18-11-5-6-12-18/h3-6,9-12,17,19-20H,1-2,7-8,13-16H2/q-1. The molecular formula is C18H27N2-. The molecule has 0 aliphatic heterocycles. The normalized spacial score (nSPS) is 14.4. The first-order valence-electron chi connectivity index (χ1n) is 7.92. The van der Waals surface area contributed by atoms with Crippen molar-refractivity contribution in [3.63, 3.8) is 0 Å². The number of rotatable bonds is 11. The van der Waals surface area contributed by atoms with Crippen molar-refractivity contribution in [2.45, 2.75) is 32.2 Å². The van der Waals surface area contributed by atoms with Crippen LogP contribution in [-0.2, 0) is 6.54 Å². The lowest BCUT2D eigenvalue weighted by Crippen LogP contribution is -2.21. The summed E-state index contributed by atoms with van der Waals surface area (Å²) in [5.74, 6) is 0.621. The second-order valence-electron chi connectivity index (χ2n) is 5.52. The first kappa shape index (κ1) is 15.1. The van der Waals surface area contributed by atoms with E-state index < -0.39 is 0 Å². The highest BCUT2D eigenvalue weighted by atomic mass is 14.9. The van der Waals surface area contributed by atoms with Gasteiger partial charge < -0.3 is 10.6 Å². The number of hydrogen-bond acceptors (Lipinski definition) is 2. The van der Waals surface area contributed by atoms with Crippen LogP contribution in [0.3, 0.4) is 0 Å². The van der Waals surface area contributed by atoms with Gasteiger partial charge in [-0.25, -0.2) is 6.07 Å². The number of nitrogens with one attached hydrogen (secondary N) is 2. The summed E-state index contributed by atoms with van der Waals surface area (Å²) >= 11 is 0. The molecule has 0 radical (unpaired) electrons. The number of hydrogen-bond donors (Lipinski definition) is 2. The molecule has 1 aromatic carbocycles. The highest BCUT2D eigenvalue weighted by Gasteiger charge is 2.01. The summed E-state index contributed by atoms with van der Waals surface area (Å²) in [6.07, 6.45) is 14.0. The average molecular weight is 271 g/mol. The van der Waals surface area contributed by atoms with Gasteiger partial charge in [-0.1, -0.05) is 37.1 Å². The first-order valence-corrected chi connectivity index (χ1v) is 7.92. The van der Waals surface area contributed by atoms with Crippen molar-refractivity contribution >= 4 is 0 Å². The van der Waals surface area contributed by atoms with Gasteiger partial charge in [0.05, 0.1) is 0 Å². The molecule has 1 aromatic rings. The Balaban J connectivity index is 1.31. The van der Waals surface area contributed by atoms with Crippen molar-refractivity contribution in [3.8, 4) is 0 Å². The summed E-state index contributed by atoms with van der Waals surface area (Å²) in [6.45, 7) is 4.39. The minimum Gasteiger partial charge on any atom is -0.325 e. The van der Waals surface area contributed by atoms with Crippen LogP contribution in [0.2, 0.25) is 0 Å². The fraction of sp³-hybridized carbons (Fsp3) is 0.500. The van der Waals surface area contributed by atoms with Crippen molar-refractivity contribution in [1.82, 2.24) is 10.6 Å². The van der Waals surface area contributed by atoms with Crippen molar-refractivity contribution < 1.29 is 0 Å². The Morgan fingerprint density at radius 3 is 2.40 bits per heavy atom. The molecule has 0 aromatic heterocycles. The Labute approximate surface area is 123 Å². The highest BCUT2D eigenvalue weighted by Crippen LogP contribution is 2.07. The summed E-state index contributed by atoms with van der Waals surface area (Å²) in [6, 6.07) is 8.54. The highest BCUT2D eigenvalue weighted by molar-refractivity contribution is 5.17. The van der Waals surface area contributed by atoms with E-state index in [0.717, 1.165) is 26.2 Å². The summed E-state index contributed by atoms with van der Waals surface area (Å²) in [5.41, 5.74) is 1.39. The monoisotopic (exact) mass is 271 g/mol. The predicted octanol–water partition coefficient (Wildman–Crippen LogP) is 3.39. The third kappa shape index (κ3) is 6.27. The molecule has 0 bridgehead atoms. The molecule has 2 nitrogen and oxygen atoms in total. The van der Waals surface area contributed by atoms with Crippen LogP contribution in [0.4, 0.5) is 0 Å². The maximum Gasteiger partial charge on any atom is 0.00779 e. The second kappa shape index (κ2) is 9.62. The molecule has 2 N–H and O–H groups in total. The van der Waals surface area contributed by atoms with Gasteiger partial charge in [-0.3, -0.25) is 0 Å². The Hall–Kier alpha value is -1.25. The van der Waals surface area contributed by atoms with E-state index >= 15 is 0 Å². The SMILES string of the molecule is C1=CC(CNCCCCCCNCc2cc[cH-]c2)C=C1. The Morgan fingerprint density at radius 2 is 1.70 bits per heavy atom. The van der Waals surface area contributed by atoms with E-state index in [1.54, 1.807) is 0 Å². The lowest BCUT2D eigenvalue weighted by atomic mass is 10.1. The van der Waals surface area contributed by atoms with Gasteiger partial charge in [0.2, 0.25) is 0 Å². The van der Waals surface area contributed by atoms with Gasteiger partial charge in [-0.05, 0) is 32.5 Å². The van der Waals surface area contributed by atoms with Crippen LogP contribution in [0, 0.1) is 5.92 Å². The maximum atomic E-state index is 3.53. The van der Waals surface area contributed by atoms with Crippen LogP contribution in [0.15, 0.2) is 48.6 Å². The first-order chi connectivity index (χ1) is 9.95. The number of allylic oxidation sites excluding steroid dienone is 2. The predicted molar refractivity (Wildman–Crippen MR) is 86.8 cm³/mol. The quantitative estimate of drug-likeness (QED) is 0.476. The van der Waals surface area contributed by atoms with Crippen LogP contribution in [-0.4, -0.2) is 19.6 Å². The van der Waals surface area contributed by atoms with Crippen LogP contribution < -0.4 is 10.6 Å². The zero-order valence-electron chi connectivity index (χ0n) is 12.4. The fourth-order valence-corrected chi connectivity index (χ4v) is 2.50. The van der Waals surface area contributed by atoms with E-state index in [0.29, 0.717) is 5.92 Å². The van der Waals surface area contributed by atoms with Crippen molar-refractivity contribution in [3.05, 3.63) is 54.1 Å². The van der Waals surface area contributed by atoms with Crippen molar-refractivity contribution in [2.75, 3.05) is 19.6 Å². The molecule has 0 unspecified atom stereocenters. The third-order valence-corrected chi connectivity index (χ3v) is 3.73. The van der Waals surface area contributed by atoms with Gasteiger partial charge >= 0.3 is 0 Å².